The molecule has 1 N–H and O–H groups in total. The summed E-state index contributed by atoms with van der Waals surface area (Å²) in [4.78, 5) is 10.5. The minimum Gasteiger partial charge on any atom is -0.492 e. The molecule has 2 aromatic carbocycles. The first-order valence-corrected chi connectivity index (χ1v) is 6.86. The van der Waals surface area contributed by atoms with Crippen molar-refractivity contribution in [2.24, 2.45) is 0 Å². The lowest BCUT2D eigenvalue weighted by atomic mass is 10.2. The van der Waals surface area contributed by atoms with Gasteiger partial charge in [0, 0.05) is 29.7 Å². The Morgan fingerprint density at radius 1 is 1.19 bits per heavy atom. The SMILES string of the molecule is O=[N+]([O-])c1cc(Cl)ccc1CNCCOc1ccccc1. The maximum atomic E-state index is 10.9. The molecular formula is C15H15ClN2O3. The van der Waals surface area contributed by atoms with Crippen LogP contribution in [0.5, 0.6) is 5.75 Å². The molecule has 5 nitrogen and oxygen atoms in total. The lowest BCUT2D eigenvalue weighted by Gasteiger charge is -2.08. The first-order valence-electron chi connectivity index (χ1n) is 6.48. The van der Waals surface area contributed by atoms with E-state index in [1.807, 2.05) is 30.3 Å². The normalized spacial score (nSPS) is 10.3. The van der Waals surface area contributed by atoms with Gasteiger partial charge in [0.15, 0.2) is 0 Å². The van der Waals surface area contributed by atoms with Crippen molar-refractivity contribution in [3.05, 3.63) is 69.2 Å². The second-order valence-electron chi connectivity index (χ2n) is 4.37. The van der Waals surface area contributed by atoms with Crippen molar-refractivity contribution in [1.29, 1.82) is 0 Å². The van der Waals surface area contributed by atoms with Crippen LogP contribution in [0, 0.1) is 10.1 Å². The number of halogens is 1. The van der Waals surface area contributed by atoms with E-state index in [9.17, 15) is 10.1 Å². The highest BCUT2D eigenvalue weighted by molar-refractivity contribution is 6.30. The predicted molar refractivity (Wildman–Crippen MR) is 81.8 cm³/mol. The summed E-state index contributed by atoms with van der Waals surface area (Å²) in [6.07, 6.45) is 0. The topological polar surface area (TPSA) is 64.4 Å². The smallest absolute Gasteiger partial charge is 0.275 e. The Labute approximate surface area is 127 Å². The van der Waals surface area contributed by atoms with E-state index in [0.717, 1.165) is 5.75 Å². The molecule has 0 heterocycles. The molecule has 6 heteroatoms. The molecule has 21 heavy (non-hydrogen) atoms. The van der Waals surface area contributed by atoms with Gasteiger partial charge in [-0.3, -0.25) is 10.1 Å². The van der Waals surface area contributed by atoms with E-state index in [-0.39, 0.29) is 5.69 Å². The molecule has 0 aliphatic rings. The molecule has 0 spiro atoms. The zero-order valence-electron chi connectivity index (χ0n) is 11.3. The fourth-order valence-corrected chi connectivity index (χ4v) is 2.00. The summed E-state index contributed by atoms with van der Waals surface area (Å²) >= 11 is 5.77. The molecule has 0 amide bonds. The second kappa shape index (κ2) is 7.61. The number of nitrogens with one attached hydrogen (secondary N) is 1. The van der Waals surface area contributed by atoms with Crippen LogP contribution in [0.3, 0.4) is 0 Å². The van der Waals surface area contributed by atoms with E-state index in [1.165, 1.54) is 6.07 Å². The fourth-order valence-electron chi connectivity index (χ4n) is 1.84. The van der Waals surface area contributed by atoms with Gasteiger partial charge in [-0.05, 0) is 24.3 Å². The average molecular weight is 307 g/mol. The number of nitro benzene ring substituents is 1. The molecule has 110 valence electrons. The molecule has 2 aromatic rings. The molecule has 0 unspecified atom stereocenters. The Morgan fingerprint density at radius 3 is 2.67 bits per heavy atom. The van der Waals surface area contributed by atoms with E-state index in [4.69, 9.17) is 16.3 Å². The summed E-state index contributed by atoms with van der Waals surface area (Å²) in [5, 5.41) is 14.4. The molecule has 0 aliphatic heterocycles. The van der Waals surface area contributed by atoms with Gasteiger partial charge < -0.3 is 10.1 Å². The zero-order chi connectivity index (χ0) is 15.1. The van der Waals surface area contributed by atoms with E-state index in [1.54, 1.807) is 12.1 Å². The molecule has 0 saturated heterocycles. The average Bonchev–Trinajstić information content (AvgIpc) is 2.49. The molecule has 0 atom stereocenters. The van der Waals surface area contributed by atoms with Crippen LogP contribution in [0.4, 0.5) is 5.69 Å². The van der Waals surface area contributed by atoms with Crippen molar-refractivity contribution in [2.75, 3.05) is 13.2 Å². The van der Waals surface area contributed by atoms with Crippen LogP contribution in [0.25, 0.3) is 0 Å². The Kier molecular flexibility index (Phi) is 5.54. The van der Waals surface area contributed by atoms with Crippen molar-refractivity contribution in [3.8, 4) is 5.75 Å². The lowest BCUT2D eigenvalue weighted by Crippen LogP contribution is -2.21. The minimum absolute atomic E-state index is 0.0268. The van der Waals surface area contributed by atoms with Gasteiger partial charge in [-0.1, -0.05) is 29.8 Å². The first kappa shape index (κ1) is 15.3. The van der Waals surface area contributed by atoms with Gasteiger partial charge in [-0.15, -0.1) is 0 Å². The first-order chi connectivity index (χ1) is 10.2. The molecule has 0 radical (unpaired) electrons. The highest BCUT2D eigenvalue weighted by Crippen LogP contribution is 2.22. The number of ether oxygens (including phenoxy) is 1. The summed E-state index contributed by atoms with van der Waals surface area (Å²) in [5.74, 6) is 0.803. The minimum atomic E-state index is -0.427. The summed E-state index contributed by atoms with van der Waals surface area (Å²) in [7, 11) is 0. The Morgan fingerprint density at radius 2 is 1.95 bits per heavy atom. The Balaban J connectivity index is 1.80. The van der Waals surface area contributed by atoms with E-state index >= 15 is 0 Å². The molecule has 0 bridgehead atoms. The molecule has 0 aliphatic carbocycles. The fraction of sp³-hybridized carbons (Fsp3) is 0.200. The lowest BCUT2D eigenvalue weighted by molar-refractivity contribution is -0.385. The van der Waals surface area contributed by atoms with Gasteiger partial charge in [-0.25, -0.2) is 0 Å². The third kappa shape index (κ3) is 4.73. The highest BCUT2D eigenvalue weighted by atomic mass is 35.5. The number of nitrogens with zero attached hydrogens (tertiary/aromatic N) is 1. The molecule has 0 saturated carbocycles. The standard InChI is InChI=1S/C15H15ClN2O3/c16-13-7-6-12(15(10-13)18(19)20)11-17-8-9-21-14-4-2-1-3-5-14/h1-7,10,17H,8-9,11H2. The number of hydrogen-bond acceptors (Lipinski definition) is 4. The number of hydrogen-bond donors (Lipinski definition) is 1. The summed E-state index contributed by atoms with van der Waals surface area (Å²) < 4.78 is 5.52. The second-order valence-corrected chi connectivity index (χ2v) is 4.80. The summed E-state index contributed by atoms with van der Waals surface area (Å²) in [5.41, 5.74) is 0.628. The zero-order valence-corrected chi connectivity index (χ0v) is 12.0. The van der Waals surface area contributed by atoms with Crippen molar-refractivity contribution in [3.63, 3.8) is 0 Å². The molecule has 2 rings (SSSR count). The van der Waals surface area contributed by atoms with Crippen molar-refractivity contribution < 1.29 is 9.66 Å². The van der Waals surface area contributed by atoms with Crippen LogP contribution in [0.15, 0.2) is 48.5 Å². The van der Waals surface area contributed by atoms with Gasteiger partial charge in [0.25, 0.3) is 5.69 Å². The van der Waals surface area contributed by atoms with Gasteiger partial charge in [0.2, 0.25) is 0 Å². The largest absolute Gasteiger partial charge is 0.492 e. The molecule has 0 aromatic heterocycles. The molecular weight excluding hydrogens is 292 g/mol. The third-order valence-electron chi connectivity index (χ3n) is 2.85. The third-order valence-corrected chi connectivity index (χ3v) is 3.09. The van der Waals surface area contributed by atoms with Crippen LogP contribution >= 0.6 is 11.6 Å². The molecule has 0 fully saturated rings. The number of rotatable bonds is 7. The number of nitro groups is 1. The number of benzene rings is 2. The maximum Gasteiger partial charge on any atom is 0.275 e. The summed E-state index contributed by atoms with van der Waals surface area (Å²) in [6.45, 7) is 1.48. The van der Waals surface area contributed by atoms with E-state index < -0.39 is 4.92 Å². The monoisotopic (exact) mass is 306 g/mol. The summed E-state index contributed by atoms with van der Waals surface area (Å²) in [6, 6.07) is 14.1. The van der Waals surface area contributed by atoms with E-state index in [2.05, 4.69) is 5.32 Å². The van der Waals surface area contributed by atoms with Crippen molar-refractivity contribution in [1.82, 2.24) is 5.32 Å². The van der Waals surface area contributed by atoms with Crippen LogP contribution in [0.2, 0.25) is 5.02 Å². The quantitative estimate of drug-likeness (QED) is 0.483. The Bertz CT molecular complexity index is 605. The van der Waals surface area contributed by atoms with E-state index in [0.29, 0.717) is 30.3 Å². The predicted octanol–water partition coefficient (Wildman–Crippen LogP) is 3.42. The van der Waals surface area contributed by atoms with Gasteiger partial charge in [0.1, 0.15) is 12.4 Å². The van der Waals surface area contributed by atoms with Gasteiger partial charge in [-0.2, -0.15) is 0 Å². The number of para-hydroxylation sites is 1. The van der Waals surface area contributed by atoms with Crippen LogP contribution in [0.1, 0.15) is 5.56 Å². The van der Waals surface area contributed by atoms with Gasteiger partial charge >= 0.3 is 0 Å². The Hall–Kier alpha value is -2.11. The van der Waals surface area contributed by atoms with Gasteiger partial charge in [0.05, 0.1) is 4.92 Å². The van der Waals surface area contributed by atoms with Crippen molar-refractivity contribution >= 4 is 17.3 Å². The van der Waals surface area contributed by atoms with Crippen molar-refractivity contribution in [2.45, 2.75) is 6.54 Å². The van der Waals surface area contributed by atoms with Crippen LogP contribution in [-0.2, 0) is 6.54 Å². The highest BCUT2D eigenvalue weighted by Gasteiger charge is 2.13. The maximum absolute atomic E-state index is 10.9. The van der Waals surface area contributed by atoms with Crippen LogP contribution in [-0.4, -0.2) is 18.1 Å². The van der Waals surface area contributed by atoms with Crippen LogP contribution < -0.4 is 10.1 Å².